The highest BCUT2D eigenvalue weighted by molar-refractivity contribution is 5.36. The van der Waals surface area contributed by atoms with E-state index in [1.807, 2.05) is 17.0 Å². The summed E-state index contributed by atoms with van der Waals surface area (Å²) in [4.78, 5) is 11.1. The van der Waals surface area contributed by atoms with Gasteiger partial charge in [-0.15, -0.1) is 0 Å². The van der Waals surface area contributed by atoms with Crippen LogP contribution in [0.4, 0.5) is 0 Å². The minimum atomic E-state index is 0.193. The van der Waals surface area contributed by atoms with Crippen LogP contribution in [0.15, 0.2) is 49.2 Å². The Morgan fingerprint density at radius 1 is 1.26 bits per heavy atom. The van der Waals surface area contributed by atoms with Crippen molar-refractivity contribution >= 4 is 0 Å². The Balaban J connectivity index is 1.70. The molecule has 2 atom stereocenters. The largest absolute Gasteiger partial charge is 0.298 e. The van der Waals surface area contributed by atoms with Gasteiger partial charge in [-0.2, -0.15) is 0 Å². The zero-order valence-electron chi connectivity index (χ0n) is 10.7. The summed E-state index contributed by atoms with van der Waals surface area (Å²) in [6.45, 7) is 3.42. The summed E-state index contributed by atoms with van der Waals surface area (Å²) in [5.74, 6) is 0.923. The van der Waals surface area contributed by atoms with E-state index in [0.717, 1.165) is 18.9 Å². The minimum Gasteiger partial charge on any atom is -0.298 e. The molecule has 4 heterocycles. The molecule has 1 fully saturated rings. The molecule has 1 saturated heterocycles. The average molecular weight is 252 g/mol. The highest BCUT2D eigenvalue weighted by atomic mass is 15.2. The first-order valence-electron chi connectivity index (χ1n) is 6.71. The third kappa shape index (κ3) is 1.71. The Morgan fingerprint density at radius 2 is 2.26 bits per heavy atom. The Labute approximate surface area is 112 Å². The van der Waals surface area contributed by atoms with Crippen LogP contribution < -0.4 is 0 Å². The fourth-order valence-electron chi connectivity index (χ4n) is 3.19. The van der Waals surface area contributed by atoms with E-state index in [0.29, 0.717) is 0 Å². The number of fused-ring (bicyclic) bond motifs is 2. The summed E-state index contributed by atoms with van der Waals surface area (Å²) < 4.78 is 1.93. The van der Waals surface area contributed by atoms with Crippen molar-refractivity contribution < 1.29 is 0 Å². The molecule has 0 N–H and O–H groups in total. The van der Waals surface area contributed by atoms with E-state index in [1.54, 1.807) is 12.5 Å². The molecule has 96 valence electrons. The Bertz CT molecular complexity index is 600. The lowest BCUT2D eigenvalue weighted by Gasteiger charge is -2.29. The van der Waals surface area contributed by atoms with Crippen LogP contribution >= 0.6 is 0 Å². The summed E-state index contributed by atoms with van der Waals surface area (Å²) in [6.07, 6.45) is 13.4. The second kappa shape index (κ2) is 4.03. The fourth-order valence-corrected chi connectivity index (χ4v) is 3.19. The van der Waals surface area contributed by atoms with Crippen LogP contribution in [0.25, 0.3) is 5.82 Å². The molecule has 4 rings (SSSR count). The zero-order chi connectivity index (χ0) is 12.7. The molecule has 2 aliphatic heterocycles. The molecule has 2 bridgehead atoms. The standard InChI is InChI=1S/C15H16N4/c1-4-15(5-8-18(7-1)11-15)13-2-3-14(17-10-13)19-9-6-16-12-19/h1-4,6,9-10,12H,5,7-8,11H2. The van der Waals surface area contributed by atoms with E-state index < -0.39 is 0 Å². The second-order valence-electron chi connectivity index (χ2n) is 5.42. The third-order valence-electron chi connectivity index (χ3n) is 4.27. The predicted molar refractivity (Wildman–Crippen MR) is 73.2 cm³/mol. The van der Waals surface area contributed by atoms with Crippen molar-refractivity contribution in [2.75, 3.05) is 19.6 Å². The van der Waals surface area contributed by atoms with Crippen molar-refractivity contribution in [2.45, 2.75) is 11.8 Å². The van der Waals surface area contributed by atoms with E-state index in [9.17, 15) is 0 Å². The molecule has 19 heavy (non-hydrogen) atoms. The molecule has 0 radical (unpaired) electrons. The van der Waals surface area contributed by atoms with Crippen molar-refractivity contribution in [3.8, 4) is 5.82 Å². The Kier molecular flexibility index (Phi) is 2.32. The van der Waals surface area contributed by atoms with Crippen LogP contribution in [0.3, 0.4) is 0 Å². The third-order valence-corrected chi connectivity index (χ3v) is 4.27. The maximum Gasteiger partial charge on any atom is 0.137 e. The second-order valence-corrected chi connectivity index (χ2v) is 5.42. The number of rotatable bonds is 2. The molecule has 4 nitrogen and oxygen atoms in total. The maximum absolute atomic E-state index is 4.58. The SMILES string of the molecule is C1=CC2(c3ccc(-n4ccnc4)nc3)CCN(C1)C2. The highest BCUT2D eigenvalue weighted by Gasteiger charge is 2.39. The van der Waals surface area contributed by atoms with E-state index in [-0.39, 0.29) is 5.41 Å². The van der Waals surface area contributed by atoms with Crippen molar-refractivity contribution in [1.82, 2.24) is 19.4 Å². The topological polar surface area (TPSA) is 34.0 Å². The molecular weight excluding hydrogens is 236 g/mol. The summed E-state index contributed by atoms with van der Waals surface area (Å²) in [6, 6.07) is 4.29. The molecule has 2 aromatic rings. The van der Waals surface area contributed by atoms with E-state index in [4.69, 9.17) is 0 Å². The van der Waals surface area contributed by atoms with Crippen molar-refractivity contribution in [1.29, 1.82) is 0 Å². The van der Waals surface area contributed by atoms with Gasteiger partial charge in [-0.1, -0.05) is 18.2 Å². The monoisotopic (exact) mass is 252 g/mol. The summed E-state index contributed by atoms with van der Waals surface area (Å²) in [5, 5.41) is 0. The molecule has 0 aliphatic carbocycles. The first-order valence-corrected chi connectivity index (χ1v) is 6.71. The van der Waals surface area contributed by atoms with E-state index in [2.05, 4.69) is 39.2 Å². The summed E-state index contributed by atoms with van der Waals surface area (Å²) in [7, 11) is 0. The molecule has 4 heteroatoms. The molecule has 2 aliphatic rings. The van der Waals surface area contributed by atoms with Gasteiger partial charge >= 0.3 is 0 Å². The van der Waals surface area contributed by atoms with Gasteiger partial charge < -0.3 is 0 Å². The summed E-state index contributed by atoms with van der Waals surface area (Å²) in [5.41, 5.74) is 1.52. The van der Waals surface area contributed by atoms with Crippen LogP contribution in [0.1, 0.15) is 12.0 Å². The van der Waals surface area contributed by atoms with Crippen LogP contribution in [-0.2, 0) is 5.41 Å². The molecule has 2 unspecified atom stereocenters. The fraction of sp³-hybridized carbons (Fsp3) is 0.333. The van der Waals surface area contributed by atoms with Gasteiger partial charge in [0.15, 0.2) is 0 Å². The Morgan fingerprint density at radius 3 is 3.05 bits per heavy atom. The van der Waals surface area contributed by atoms with E-state index >= 15 is 0 Å². The lowest BCUT2D eigenvalue weighted by molar-refractivity contribution is 0.345. The van der Waals surface area contributed by atoms with Crippen LogP contribution in [0, 0.1) is 0 Å². The molecule has 0 spiro atoms. The average Bonchev–Trinajstić information content (AvgIpc) is 3.09. The van der Waals surface area contributed by atoms with Crippen LogP contribution in [-0.4, -0.2) is 39.1 Å². The van der Waals surface area contributed by atoms with Crippen molar-refractivity contribution in [2.24, 2.45) is 0 Å². The quantitative estimate of drug-likeness (QED) is 0.764. The van der Waals surface area contributed by atoms with Gasteiger partial charge in [0.05, 0.1) is 0 Å². The van der Waals surface area contributed by atoms with Gasteiger partial charge in [-0.3, -0.25) is 9.47 Å². The number of nitrogens with zero attached hydrogens (tertiary/aromatic N) is 4. The number of hydrogen-bond donors (Lipinski definition) is 0. The number of imidazole rings is 1. The van der Waals surface area contributed by atoms with Gasteiger partial charge in [0.25, 0.3) is 0 Å². The van der Waals surface area contributed by atoms with Gasteiger partial charge in [0.1, 0.15) is 12.1 Å². The first-order chi connectivity index (χ1) is 9.36. The summed E-state index contributed by atoms with van der Waals surface area (Å²) >= 11 is 0. The molecule has 2 aromatic heterocycles. The predicted octanol–water partition coefficient (Wildman–Crippen LogP) is 1.78. The lowest BCUT2D eigenvalue weighted by Crippen LogP contribution is -2.33. The number of hydrogen-bond acceptors (Lipinski definition) is 3. The first kappa shape index (κ1) is 10.9. The number of pyridine rings is 1. The molecule has 0 aromatic carbocycles. The highest BCUT2D eigenvalue weighted by Crippen LogP contribution is 2.38. The zero-order valence-corrected chi connectivity index (χ0v) is 10.7. The van der Waals surface area contributed by atoms with Crippen molar-refractivity contribution in [3.05, 3.63) is 54.8 Å². The normalized spacial score (nSPS) is 28.7. The molecule has 0 saturated carbocycles. The Hall–Kier alpha value is -1.94. The smallest absolute Gasteiger partial charge is 0.137 e. The van der Waals surface area contributed by atoms with Gasteiger partial charge in [0, 0.05) is 37.1 Å². The van der Waals surface area contributed by atoms with Gasteiger partial charge in [0.2, 0.25) is 0 Å². The maximum atomic E-state index is 4.58. The number of aromatic nitrogens is 3. The van der Waals surface area contributed by atoms with Crippen LogP contribution in [0.2, 0.25) is 0 Å². The van der Waals surface area contributed by atoms with Gasteiger partial charge in [-0.25, -0.2) is 9.97 Å². The molecular formula is C15H16N4. The van der Waals surface area contributed by atoms with Gasteiger partial charge in [-0.05, 0) is 24.6 Å². The minimum absolute atomic E-state index is 0.193. The van der Waals surface area contributed by atoms with E-state index in [1.165, 1.54) is 18.5 Å². The van der Waals surface area contributed by atoms with Crippen LogP contribution in [0.5, 0.6) is 0 Å². The molecule has 0 amide bonds. The lowest BCUT2D eigenvalue weighted by atomic mass is 9.79. The van der Waals surface area contributed by atoms with Crippen molar-refractivity contribution in [3.63, 3.8) is 0 Å².